The predicted molar refractivity (Wildman–Crippen MR) is 140 cm³/mol. The maximum absolute atomic E-state index is 13.5. The Bertz CT molecular complexity index is 1180. The Morgan fingerprint density at radius 3 is 2.78 bits per heavy atom. The van der Waals surface area contributed by atoms with Crippen molar-refractivity contribution in [3.05, 3.63) is 53.5 Å². The van der Waals surface area contributed by atoms with Gasteiger partial charge in [0.1, 0.15) is 17.5 Å². The summed E-state index contributed by atoms with van der Waals surface area (Å²) >= 11 is 0. The topological polar surface area (TPSA) is 95.0 Å². The number of anilines is 1. The lowest BCUT2D eigenvalue weighted by molar-refractivity contribution is 0.0356. The fourth-order valence-electron chi connectivity index (χ4n) is 3.88. The summed E-state index contributed by atoms with van der Waals surface area (Å²) in [4.78, 5) is 33.7. The molecule has 0 spiro atoms. The lowest BCUT2D eigenvalue weighted by Gasteiger charge is -2.37. The second-order valence-corrected chi connectivity index (χ2v) is 9.92. The molecule has 2 N–H and O–H groups in total. The van der Waals surface area contributed by atoms with E-state index < -0.39 is 24.0 Å². The van der Waals surface area contributed by atoms with Gasteiger partial charge in [0, 0.05) is 43.4 Å². The van der Waals surface area contributed by atoms with E-state index in [4.69, 9.17) is 4.74 Å². The van der Waals surface area contributed by atoms with E-state index in [9.17, 15) is 19.1 Å². The number of aromatic nitrogens is 1. The van der Waals surface area contributed by atoms with Crippen molar-refractivity contribution in [3.63, 3.8) is 0 Å². The van der Waals surface area contributed by atoms with Crippen LogP contribution in [0.15, 0.2) is 36.5 Å². The molecule has 3 rings (SSSR count). The highest BCUT2D eigenvalue weighted by Crippen LogP contribution is 2.27. The minimum absolute atomic E-state index is 0.157. The highest BCUT2D eigenvalue weighted by atomic mass is 19.1. The number of pyridine rings is 1. The van der Waals surface area contributed by atoms with Crippen molar-refractivity contribution in [1.29, 1.82) is 0 Å². The number of halogens is 1. The second-order valence-electron chi connectivity index (χ2n) is 9.92. The molecule has 1 aliphatic heterocycles. The molecule has 198 valence electrons. The SMILES string of the molecule is CC(C)CC#Cc1cnc2c(c1)C(=O)N([C@H](C)CO)C[C@@H](C)[C@H](CN(C)C(=O)Nc1cccc(F)c1)O2. The van der Waals surface area contributed by atoms with Crippen LogP contribution in [0.25, 0.3) is 0 Å². The van der Waals surface area contributed by atoms with Gasteiger partial charge < -0.3 is 25.0 Å². The molecule has 9 heteroatoms. The third kappa shape index (κ3) is 7.43. The average molecular weight is 511 g/mol. The normalized spacial score (nSPS) is 18.1. The van der Waals surface area contributed by atoms with Gasteiger partial charge in [0.15, 0.2) is 0 Å². The van der Waals surface area contributed by atoms with Crippen LogP contribution in [0.3, 0.4) is 0 Å². The Balaban J connectivity index is 1.87. The first kappa shape index (κ1) is 27.9. The molecule has 1 aliphatic rings. The zero-order valence-corrected chi connectivity index (χ0v) is 22.0. The predicted octanol–water partition coefficient (Wildman–Crippen LogP) is 4.00. The number of benzene rings is 1. The van der Waals surface area contributed by atoms with Crippen LogP contribution in [0.4, 0.5) is 14.9 Å². The number of rotatable bonds is 6. The molecule has 2 heterocycles. The van der Waals surface area contributed by atoms with Crippen LogP contribution in [0.1, 0.15) is 50.0 Å². The minimum atomic E-state index is -0.506. The van der Waals surface area contributed by atoms with E-state index in [1.54, 1.807) is 37.2 Å². The number of carbonyl (C=O) groups is 2. The van der Waals surface area contributed by atoms with Crippen LogP contribution in [0.5, 0.6) is 5.88 Å². The van der Waals surface area contributed by atoms with Gasteiger partial charge in [0.2, 0.25) is 5.88 Å². The summed E-state index contributed by atoms with van der Waals surface area (Å²) in [6.07, 6.45) is 1.79. The zero-order valence-electron chi connectivity index (χ0n) is 22.0. The van der Waals surface area contributed by atoms with Gasteiger partial charge in [0.05, 0.1) is 19.2 Å². The van der Waals surface area contributed by atoms with Crippen molar-refractivity contribution in [1.82, 2.24) is 14.8 Å². The first-order valence-electron chi connectivity index (χ1n) is 12.4. The van der Waals surface area contributed by atoms with E-state index in [0.29, 0.717) is 23.7 Å². The molecule has 37 heavy (non-hydrogen) atoms. The molecule has 0 radical (unpaired) electrons. The molecule has 3 atom stereocenters. The molecule has 2 aromatic rings. The first-order valence-corrected chi connectivity index (χ1v) is 12.4. The number of urea groups is 1. The fourth-order valence-corrected chi connectivity index (χ4v) is 3.88. The van der Waals surface area contributed by atoms with Gasteiger partial charge in [-0.3, -0.25) is 4.79 Å². The maximum Gasteiger partial charge on any atom is 0.321 e. The summed E-state index contributed by atoms with van der Waals surface area (Å²) in [6.45, 7) is 8.16. The fraction of sp³-hybridized carbons (Fsp3) is 0.464. The van der Waals surface area contributed by atoms with E-state index in [0.717, 1.165) is 6.42 Å². The number of aliphatic hydroxyl groups is 1. The summed E-state index contributed by atoms with van der Waals surface area (Å²) in [5.41, 5.74) is 1.21. The van der Waals surface area contributed by atoms with Crippen molar-refractivity contribution in [3.8, 4) is 17.7 Å². The lowest BCUT2D eigenvalue weighted by Crippen LogP contribution is -2.50. The summed E-state index contributed by atoms with van der Waals surface area (Å²) in [5.74, 6) is 5.81. The average Bonchev–Trinajstić information content (AvgIpc) is 2.85. The van der Waals surface area contributed by atoms with Crippen LogP contribution in [-0.4, -0.2) is 70.7 Å². The van der Waals surface area contributed by atoms with Gasteiger partial charge in [-0.2, -0.15) is 0 Å². The molecule has 1 aromatic carbocycles. The first-order chi connectivity index (χ1) is 17.6. The highest BCUT2D eigenvalue weighted by Gasteiger charge is 2.34. The highest BCUT2D eigenvalue weighted by molar-refractivity contribution is 5.97. The Kier molecular flexibility index (Phi) is 9.48. The molecule has 0 saturated carbocycles. The van der Waals surface area contributed by atoms with E-state index in [2.05, 4.69) is 36.0 Å². The smallest absolute Gasteiger partial charge is 0.321 e. The number of fused-ring (bicyclic) bond motifs is 1. The quantitative estimate of drug-likeness (QED) is 0.573. The molecule has 0 bridgehead atoms. The molecule has 3 amide bonds. The molecule has 0 fully saturated rings. The maximum atomic E-state index is 13.5. The number of nitrogens with zero attached hydrogens (tertiary/aromatic N) is 3. The Labute approximate surface area is 217 Å². The number of likely N-dealkylation sites (N-methyl/N-ethyl adjacent to an activating group) is 1. The molecule has 8 nitrogen and oxygen atoms in total. The molecule has 0 saturated heterocycles. The van der Waals surface area contributed by atoms with Crippen molar-refractivity contribution < 1.29 is 23.8 Å². The summed E-state index contributed by atoms with van der Waals surface area (Å²) in [7, 11) is 1.62. The Hall–Kier alpha value is -3.64. The second kappa shape index (κ2) is 12.5. The number of amides is 3. The van der Waals surface area contributed by atoms with E-state index in [-0.39, 0.29) is 36.4 Å². The summed E-state index contributed by atoms with van der Waals surface area (Å²) in [5, 5.41) is 12.5. The Morgan fingerprint density at radius 2 is 2.11 bits per heavy atom. The number of ether oxygens (including phenoxy) is 1. The van der Waals surface area contributed by atoms with E-state index >= 15 is 0 Å². The molecule has 0 aliphatic carbocycles. The lowest BCUT2D eigenvalue weighted by atomic mass is 10.00. The monoisotopic (exact) mass is 510 g/mol. The van der Waals surface area contributed by atoms with Gasteiger partial charge in [0.25, 0.3) is 5.91 Å². The van der Waals surface area contributed by atoms with Gasteiger partial charge in [-0.15, -0.1) is 0 Å². The third-order valence-corrected chi connectivity index (χ3v) is 6.14. The van der Waals surface area contributed by atoms with Crippen molar-refractivity contribution in [2.24, 2.45) is 11.8 Å². The largest absolute Gasteiger partial charge is 0.472 e. The molecular weight excluding hydrogens is 475 g/mol. The van der Waals surface area contributed by atoms with Gasteiger partial charge in [-0.05, 0) is 37.1 Å². The van der Waals surface area contributed by atoms with Gasteiger partial charge in [-0.1, -0.05) is 38.7 Å². The molecule has 0 unspecified atom stereocenters. The number of aliphatic hydroxyl groups excluding tert-OH is 1. The van der Waals surface area contributed by atoms with Crippen molar-refractivity contribution in [2.45, 2.75) is 46.3 Å². The number of carbonyl (C=O) groups excluding carboxylic acids is 2. The Morgan fingerprint density at radius 1 is 1.35 bits per heavy atom. The van der Waals surface area contributed by atoms with Crippen LogP contribution < -0.4 is 10.1 Å². The van der Waals surface area contributed by atoms with Crippen molar-refractivity contribution >= 4 is 17.6 Å². The van der Waals surface area contributed by atoms with Crippen LogP contribution in [0.2, 0.25) is 0 Å². The number of hydrogen-bond acceptors (Lipinski definition) is 5. The minimum Gasteiger partial charge on any atom is -0.472 e. The number of hydrogen-bond donors (Lipinski definition) is 2. The standard InChI is InChI=1S/C28H35FN4O4/c1-18(2)8-6-9-21-12-24-26(30-14-21)37-25(19(3)15-33(27(24)35)20(4)17-34)16-32(5)28(36)31-23-11-7-10-22(29)13-23/h7,10-14,18-20,25,34H,8,15-17H2,1-5H3,(H,31,36)/t19-,20-,25+/m1/s1. The zero-order chi connectivity index (χ0) is 27.1. The number of nitrogens with one attached hydrogen (secondary N) is 1. The van der Waals surface area contributed by atoms with Gasteiger partial charge >= 0.3 is 6.03 Å². The van der Waals surface area contributed by atoms with Gasteiger partial charge in [-0.25, -0.2) is 14.2 Å². The van der Waals surface area contributed by atoms with E-state index in [1.807, 2.05) is 6.92 Å². The third-order valence-electron chi connectivity index (χ3n) is 6.14. The summed E-state index contributed by atoms with van der Waals surface area (Å²) < 4.78 is 19.7. The van der Waals surface area contributed by atoms with Crippen LogP contribution in [-0.2, 0) is 0 Å². The van der Waals surface area contributed by atoms with E-state index in [1.165, 1.54) is 23.1 Å². The molecule has 1 aromatic heterocycles. The molecular formula is C28H35FN4O4. The van der Waals surface area contributed by atoms with Crippen molar-refractivity contribution in [2.75, 3.05) is 32.1 Å². The van der Waals surface area contributed by atoms with Crippen LogP contribution in [0, 0.1) is 29.5 Å². The summed E-state index contributed by atoms with van der Waals surface area (Å²) in [6, 6.07) is 6.48. The van der Waals surface area contributed by atoms with Crippen LogP contribution >= 0.6 is 0 Å².